The van der Waals surface area contributed by atoms with Gasteiger partial charge in [-0.3, -0.25) is 4.79 Å². The topological polar surface area (TPSA) is 86.7 Å². The highest BCUT2D eigenvalue weighted by Crippen LogP contribution is 2.26. The van der Waals surface area contributed by atoms with Gasteiger partial charge in [0.15, 0.2) is 0 Å². The van der Waals surface area contributed by atoms with Crippen molar-refractivity contribution in [3.05, 3.63) is 110 Å². The van der Waals surface area contributed by atoms with Crippen molar-refractivity contribution in [3.8, 4) is 0 Å². The zero-order valence-electron chi connectivity index (χ0n) is 21.1. The number of sulfonamides is 1. The molecule has 2 N–H and O–H groups in total. The third-order valence-electron chi connectivity index (χ3n) is 6.19. The summed E-state index contributed by atoms with van der Waals surface area (Å²) >= 11 is 2.76. The monoisotopic (exact) mass is 590 g/mol. The van der Waals surface area contributed by atoms with Gasteiger partial charge in [0, 0.05) is 18.0 Å². The van der Waals surface area contributed by atoms with Crippen LogP contribution in [0.3, 0.4) is 0 Å². The van der Waals surface area contributed by atoms with Crippen molar-refractivity contribution in [2.24, 2.45) is 0 Å². The van der Waals surface area contributed by atoms with E-state index in [2.05, 4.69) is 5.32 Å². The summed E-state index contributed by atoms with van der Waals surface area (Å²) in [5.74, 6) is -2.26. The minimum Gasteiger partial charge on any atom is -0.390 e. The molecule has 6 nitrogen and oxygen atoms in total. The van der Waals surface area contributed by atoms with E-state index < -0.39 is 45.2 Å². The molecule has 0 radical (unpaired) electrons. The summed E-state index contributed by atoms with van der Waals surface area (Å²) in [5, 5.41) is 19.7. The number of aliphatic hydroxyl groups excluding tert-OH is 1. The van der Waals surface area contributed by atoms with Gasteiger partial charge in [-0.15, -0.1) is 11.3 Å². The number of thiophene rings is 2. The van der Waals surface area contributed by atoms with Crippen molar-refractivity contribution < 1.29 is 27.1 Å². The van der Waals surface area contributed by atoms with Crippen molar-refractivity contribution in [1.29, 1.82) is 0 Å². The lowest BCUT2D eigenvalue weighted by atomic mass is 10.0. The van der Waals surface area contributed by atoms with Crippen LogP contribution in [0.4, 0.5) is 8.78 Å². The van der Waals surface area contributed by atoms with Crippen LogP contribution in [0.15, 0.2) is 81.7 Å². The molecular formula is C28H28F2N2O4S3. The van der Waals surface area contributed by atoms with E-state index in [1.54, 1.807) is 17.5 Å². The lowest BCUT2D eigenvalue weighted by molar-refractivity contribution is -0.122. The Bertz CT molecular complexity index is 1480. The summed E-state index contributed by atoms with van der Waals surface area (Å²) in [6.07, 6.45) is -1.02. The molecule has 2 aromatic heterocycles. The normalized spacial score (nSPS) is 13.4. The molecule has 2 atom stereocenters. The molecule has 11 heteroatoms. The molecule has 0 saturated heterocycles. The van der Waals surface area contributed by atoms with E-state index in [0.29, 0.717) is 10.9 Å². The number of aryl methyl sites for hydroxylation is 1. The third kappa shape index (κ3) is 7.58. The zero-order chi connectivity index (χ0) is 28.0. The average Bonchev–Trinajstić information content (AvgIpc) is 3.60. The molecule has 39 heavy (non-hydrogen) atoms. The fourth-order valence-electron chi connectivity index (χ4n) is 4.11. The van der Waals surface area contributed by atoms with Gasteiger partial charge in [0.1, 0.15) is 16.5 Å². The first kappa shape index (κ1) is 29.0. The third-order valence-corrected chi connectivity index (χ3v) is 9.61. The molecule has 0 unspecified atom stereocenters. The minimum atomic E-state index is -4.56. The SMILES string of the molecule is Cc1cc(F)c(S(=O)(=O)N(Cc2cccs2)C[C@@H](O)[C@H](Cc2ccccc2)NC(=O)Cc2ccsc2)cc1F. The van der Waals surface area contributed by atoms with Gasteiger partial charge in [0.25, 0.3) is 0 Å². The minimum absolute atomic E-state index is 0.0208. The first-order chi connectivity index (χ1) is 18.6. The number of carbonyl (C=O) groups excluding carboxylic acids is 1. The second kappa shape index (κ2) is 12.9. The number of amides is 1. The Hall–Kier alpha value is -2.96. The molecule has 4 rings (SSSR count). The molecule has 0 spiro atoms. The van der Waals surface area contributed by atoms with Crippen LogP contribution >= 0.6 is 22.7 Å². The number of carbonyl (C=O) groups is 1. The van der Waals surface area contributed by atoms with E-state index in [-0.39, 0.29) is 30.9 Å². The first-order valence-electron chi connectivity index (χ1n) is 12.1. The highest BCUT2D eigenvalue weighted by Gasteiger charge is 2.33. The van der Waals surface area contributed by atoms with Crippen molar-refractivity contribution in [2.75, 3.05) is 6.54 Å². The molecule has 0 aliphatic carbocycles. The zero-order valence-corrected chi connectivity index (χ0v) is 23.5. The van der Waals surface area contributed by atoms with Crippen LogP contribution < -0.4 is 5.32 Å². The molecule has 0 bridgehead atoms. The Morgan fingerprint density at radius 2 is 1.79 bits per heavy atom. The van der Waals surface area contributed by atoms with E-state index >= 15 is 0 Å². The van der Waals surface area contributed by atoms with E-state index in [1.165, 1.54) is 29.6 Å². The average molecular weight is 591 g/mol. The van der Waals surface area contributed by atoms with Crippen molar-refractivity contribution in [3.63, 3.8) is 0 Å². The Labute approximate surface area is 234 Å². The second-order valence-electron chi connectivity index (χ2n) is 9.15. The maximum absolute atomic E-state index is 14.8. The summed E-state index contributed by atoms with van der Waals surface area (Å²) in [4.78, 5) is 12.7. The molecule has 1 amide bonds. The number of aliphatic hydroxyl groups is 1. The summed E-state index contributed by atoms with van der Waals surface area (Å²) < 4.78 is 57.3. The maximum Gasteiger partial charge on any atom is 0.246 e. The fraction of sp³-hybridized carbons (Fsp3) is 0.250. The van der Waals surface area contributed by atoms with Gasteiger partial charge in [-0.2, -0.15) is 15.6 Å². The summed E-state index contributed by atoms with van der Waals surface area (Å²) in [6.45, 7) is 0.729. The fourth-order valence-corrected chi connectivity index (χ4v) is 7.08. The van der Waals surface area contributed by atoms with Gasteiger partial charge in [-0.1, -0.05) is 36.4 Å². The Morgan fingerprint density at radius 3 is 2.46 bits per heavy atom. The van der Waals surface area contributed by atoms with Crippen molar-refractivity contribution in [1.82, 2.24) is 9.62 Å². The van der Waals surface area contributed by atoms with Crippen LogP contribution in [0.5, 0.6) is 0 Å². The Balaban J connectivity index is 1.63. The maximum atomic E-state index is 14.8. The smallest absolute Gasteiger partial charge is 0.246 e. The molecular weight excluding hydrogens is 563 g/mol. The van der Waals surface area contributed by atoms with E-state index in [1.807, 2.05) is 47.2 Å². The van der Waals surface area contributed by atoms with Crippen LogP contribution in [-0.4, -0.2) is 42.4 Å². The van der Waals surface area contributed by atoms with Crippen molar-refractivity contribution >= 4 is 38.6 Å². The lowest BCUT2D eigenvalue weighted by Gasteiger charge is -2.30. The Morgan fingerprint density at radius 1 is 1.03 bits per heavy atom. The summed E-state index contributed by atoms with van der Waals surface area (Å²) in [7, 11) is -4.56. The van der Waals surface area contributed by atoms with Crippen LogP contribution in [0, 0.1) is 18.6 Å². The number of nitrogens with one attached hydrogen (secondary N) is 1. The van der Waals surface area contributed by atoms with Gasteiger partial charge in [-0.05, 0) is 70.4 Å². The van der Waals surface area contributed by atoms with Gasteiger partial charge in [0.2, 0.25) is 15.9 Å². The number of halogens is 2. The number of rotatable bonds is 12. The summed E-state index contributed by atoms with van der Waals surface area (Å²) in [6, 6.07) is 15.1. The Kier molecular flexibility index (Phi) is 9.62. The van der Waals surface area contributed by atoms with Crippen LogP contribution in [0.1, 0.15) is 21.6 Å². The van der Waals surface area contributed by atoms with Gasteiger partial charge < -0.3 is 10.4 Å². The second-order valence-corrected chi connectivity index (χ2v) is 12.9. The number of benzene rings is 2. The number of hydrogen-bond acceptors (Lipinski definition) is 6. The largest absolute Gasteiger partial charge is 0.390 e. The number of nitrogens with zero attached hydrogens (tertiary/aromatic N) is 1. The number of hydrogen-bond donors (Lipinski definition) is 2. The first-order valence-corrected chi connectivity index (χ1v) is 15.4. The standard InChI is InChI=1S/C28H28F2N2O4S3/c1-19-12-24(30)27(15-23(19)29)39(35,36)32(16-22-8-5-10-38-22)17-26(33)25(13-20-6-3-2-4-7-20)31-28(34)14-21-9-11-37-18-21/h2-12,15,18,25-26,33H,13-14,16-17H2,1H3,(H,31,34)/t25-,26+/m0/s1. The molecule has 0 saturated carbocycles. The van der Waals surface area contributed by atoms with Gasteiger partial charge >= 0.3 is 0 Å². The van der Waals surface area contributed by atoms with E-state index in [9.17, 15) is 27.1 Å². The molecule has 4 aromatic rings. The van der Waals surface area contributed by atoms with E-state index in [0.717, 1.165) is 21.5 Å². The van der Waals surface area contributed by atoms with Crippen LogP contribution in [0.2, 0.25) is 0 Å². The molecule has 206 valence electrons. The van der Waals surface area contributed by atoms with E-state index in [4.69, 9.17) is 0 Å². The van der Waals surface area contributed by atoms with Crippen LogP contribution in [0.25, 0.3) is 0 Å². The van der Waals surface area contributed by atoms with Gasteiger partial charge in [0.05, 0.1) is 18.6 Å². The highest BCUT2D eigenvalue weighted by molar-refractivity contribution is 7.89. The lowest BCUT2D eigenvalue weighted by Crippen LogP contribution is -2.50. The predicted molar refractivity (Wildman–Crippen MR) is 149 cm³/mol. The molecule has 2 aromatic carbocycles. The molecule has 0 aliphatic rings. The predicted octanol–water partition coefficient (Wildman–Crippen LogP) is 4.92. The molecule has 0 aliphatic heterocycles. The van der Waals surface area contributed by atoms with Crippen molar-refractivity contribution in [2.45, 2.75) is 43.4 Å². The summed E-state index contributed by atoms with van der Waals surface area (Å²) in [5.41, 5.74) is 1.63. The highest BCUT2D eigenvalue weighted by atomic mass is 32.2. The molecule has 2 heterocycles. The quantitative estimate of drug-likeness (QED) is 0.245. The van der Waals surface area contributed by atoms with Crippen LogP contribution in [-0.2, 0) is 34.2 Å². The molecule has 0 fully saturated rings. The van der Waals surface area contributed by atoms with Gasteiger partial charge in [-0.25, -0.2) is 17.2 Å².